The number of benzene rings is 1. The summed E-state index contributed by atoms with van der Waals surface area (Å²) in [6.45, 7) is 7.47. The van der Waals surface area contributed by atoms with E-state index in [0.717, 1.165) is 18.7 Å². The van der Waals surface area contributed by atoms with E-state index in [0.29, 0.717) is 6.04 Å². The Labute approximate surface area is 126 Å². The van der Waals surface area contributed by atoms with Gasteiger partial charge in [0, 0.05) is 30.1 Å². The fraction of sp³-hybridized carbons (Fsp3) is 0.471. The number of nitrogens with zero attached hydrogens (tertiary/aromatic N) is 1. The van der Waals surface area contributed by atoms with Crippen molar-refractivity contribution in [2.24, 2.45) is 0 Å². The summed E-state index contributed by atoms with van der Waals surface area (Å²) in [6.07, 6.45) is 3.39. The van der Waals surface area contributed by atoms with Gasteiger partial charge in [-0.05, 0) is 31.4 Å². The molecular formula is C17H24N2S. The van der Waals surface area contributed by atoms with Crippen molar-refractivity contribution in [1.82, 2.24) is 10.3 Å². The molecule has 0 amide bonds. The predicted molar refractivity (Wildman–Crippen MR) is 87.4 cm³/mol. The third-order valence-corrected chi connectivity index (χ3v) is 4.50. The molecule has 2 rings (SSSR count). The van der Waals surface area contributed by atoms with Crippen LogP contribution < -0.4 is 5.32 Å². The summed E-state index contributed by atoms with van der Waals surface area (Å²) >= 11 is 1.75. The Kier molecular flexibility index (Phi) is 5.74. The molecule has 0 radical (unpaired) electrons. The molecule has 1 aromatic heterocycles. The standard InChI is InChI=1S/C17H24N2S/c1-4-5-15-6-8-16(9-7-15)14(3)18-11-10-17-19-13(2)12-20-17/h6-9,12,14,18H,4-5,10-11H2,1-3H3. The maximum atomic E-state index is 4.49. The van der Waals surface area contributed by atoms with Crippen molar-refractivity contribution in [2.45, 2.75) is 46.1 Å². The molecule has 0 spiro atoms. The number of hydrogen-bond donors (Lipinski definition) is 1. The molecule has 0 saturated heterocycles. The molecule has 0 aliphatic heterocycles. The minimum Gasteiger partial charge on any atom is -0.310 e. The van der Waals surface area contributed by atoms with E-state index >= 15 is 0 Å². The summed E-state index contributed by atoms with van der Waals surface area (Å²) in [5, 5.41) is 6.91. The molecule has 0 aliphatic rings. The largest absolute Gasteiger partial charge is 0.310 e. The molecule has 0 bridgehead atoms. The predicted octanol–water partition coefficient (Wildman–Crippen LogP) is 4.30. The maximum absolute atomic E-state index is 4.49. The minimum atomic E-state index is 0.395. The van der Waals surface area contributed by atoms with Crippen molar-refractivity contribution in [3.8, 4) is 0 Å². The SMILES string of the molecule is CCCc1ccc(C(C)NCCc2nc(C)cs2)cc1. The van der Waals surface area contributed by atoms with Gasteiger partial charge in [-0.25, -0.2) is 4.98 Å². The highest BCUT2D eigenvalue weighted by molar-refractivity contribution is 7.09. The molecule has 1 heterocycles. The number of thiazole rings is 1. The summed E-state index contributed by atoms with van der Waals surface area (Å²) in [7, 11) is 0. The Bertz CT molecular complexity index is 516. The number of aryl methyl sites for hydroxylation is 2. The van der Waals surface area contributed by atoms with Crippen LogP contribution in [0.4, 0.5) is 0 Å². The van der Waals surface area contributed by atoms with E-state index in [1.54, 1.807) is 11.3 Å². The van der Waals surface area contributed by atoms with Gasteiger partial charge < -0.3 is 5.32 Å². The Balaban J connectivity index is 1.80. The maximum Gasteiger partial charge on any atom is 0.0940 e. The number of aromatic nitrogens is 1. The summed E-state index contributed by atoms with van der Waals surface area (Å²) in [5.74, 6) is 0. The van der Waals surface area contributed by atoms with Gasteiger partial charge in [0.1, 0.15) is 0 Å². The second-order valence-corrected chi connectivity index (χ2v) is 6.24. The summed E-state index contributed by atoms with van der Waals surface area (Å²) in [6, 6.07) is 9.39. The van der Waals surface area contributed by atoms with Gasteiger partial charge in [0.25, 0.3) is 0 Å². The monoisotopic (exact) mass is 288 g/mol. The summed E-state index contributed by atoms with van der Waals surface area (Å²) < 4.78 is 0. The van der Waals surface area contributed by atoms with E-state index < -0.39 is 0 Å². The van der Waals surface area contributed by atoms with E-state index in [4.69, 9.17) is 0 Å². The Morgan fingerprint density at radius 3 is 2.55 bits per heavy atom. The van der Waals surface area contributed by atoms with Crippen LogP contribution in [-0.4, -0.2) is 11.5 Å². The van der Waals surface area contributed by atoms with Gasteiger partial charge in [-0.3, -0.25) is 0 Å². The summed E-state index contributed by atoms with van der Waals surface area (Å²) in [5.41, 5.74) is 3.92. The summed E-state index contributed by atoms with van der Waals surface area (Å²) in [4.78, 5) is 4.49. The minimum absolute atomic E-state index is 0.395. The van der Waals surface area contributed by atoms with E-state index in [9.17, 15) is 0 Å². The van der Waals surface area contributed by atoms with Crippen LogP contribution in [0.15, 0.2) is 29.6 Å². The lowest BCUT2D eigenvalue weighted by molar-refractivity contribution is 0.576. The number of nitrogens with one attached hydrogen (secondary N) is 1. The van der Waals surface area contributed by atoms with E-state index in [2.05, 4.69) is 53.8 Å². The molecule has 1 atom stereocenters. The van der Waals surface area contributed by atoms with Crippen LogP contribution in [0.3, 0.4) is 0 Å². The Hall–Kier alpha value is -1.19. The van der Waals surface area contributed by atoms with Crippen molar-refractivity contribution in [1.29, 1.82) is 0 Å². The second-order valence-electron chi connectivity index (χ2n) is 5.30. The van der Waals surface area contributed by atoms with Crippen molar-refractivity contribution >= 4 is 11.3 Å². The van der Waals surface area contributed by atoms with Crippen LogP contribution in [0.2, 0.25) is 0 Å². The van der Waals surface area contributed by atoms with Gasteiger partial charge in [0.2, 0.25) is 0 Å². The lowest BCUT2D eigenvalue weighted by Crippen LogP contribution is -2.21. The first-order valence-electron chi connectivity index (χ1n) is 7.42. The third-order valence-electron chi connectivity index (χ3n) is 3.47. The lowest BCUT2D eigenvalue weighted by Gasteiger charge is -2.14. The zero-order valence-corrected chi connectivity index (χ0v) is 13.5. The Morgan fingerprint density at radius 2 is 1.95 bits per heavy atom. The van der Waals surface area contributed by atoms with Crippen LogP contribution in [0.5, 0.6) is 0 Å². The highest BCUT2D eigenvalue weighted by atomic mass is 32.1. The highest BCUT2D eigenvalue weighted by Gasteiger charge is 2.05. The van der Waals surface area contributed by atoms with Crippen LogP contribution in [-0.2, 0) is 12.8 Å². The van der Waals surface area contributed by atoms with E-state index in [-0.39, 0.29) is 0 Å². The fourth-order valence-corrected chi connectivity index (χ4v) is 3.07. The molecule has 20 heavy (non-hydrogen) atoms. The zero-order chi connectivity index (χ0) is 14.4. The van der Waals surface area contributed by atoms with E-state index in [1.165, 1.54) is 29.0 Å². The van der Waals surface area contributed by atoms with Gasteiger partial charge in [0.15, 0.2) is 0 Å². The molecule has 3 heteroatoms. The van der Waals surface area contributed by atoms with Gasteiger partial charge in [-0.1, -0.05) is 37.6 Å². The zero-order valence-electron chi connectivity index (χ0n) is 12.6. The smallest absolute Gasteiger partial charge is 0.0940 e. The van der Waals surface area contributed by atoms with Gasteiger partial charge in [-0.2, -0.15) is 0 Å². The van der Waals surface area contributed by atoms with Crippen LogP contribution in [0.1, 0.15) is 48.1 Å². The second kappa shape index (κ2) is 7.55. The third kappa shape index (κ3) is 4.43. The molecular weight excluding hydrogens is 264 g/mol. The average molecular weight is 288 g/mol. The molecule has 0 saturated carbocycles. The first-order valence-corrected chi connectivity index (χ1v) is 8.30. The van der Waals surface area contributed by atoms with Crippen LogP contribution in [0.25, 0.3) is 0 Å². The van der Waals surface area contributed by atoms with Crippen molar-refractivity contribution in [3.05, 3.63) is 51.5 Å². The van der Waals surface area contributed by atoms with Crippen molar-refractivity contribution < 1.29 is 0 Å². The van der Waals surface area contributed by atoms with Gasteiger partial charge in [0.05, 0.1) is 5.01 Å². The highest BCUT2D eigenvalue weighted by Crippen LogP contribution is 2.15. The van der Waals surface area contributed by atoms with Crippen molar-refractivity contribution in [2.75, 3.05) is 6.54 Å². The Morgan fingerprint density at radius 1 is 1.20 bits per heavy atom. The first kappa shape index (κ1) is 15.2. The molecule has 1 aromatic carbocycles. The first-order chi connectivity index (χ1) is 9.69. The van der Waals surface area contributed by atoms with Gasteiger partial charge >= 0.3 is 0 Å². The lowest BCUT2D eigenvalue weighted by atomic mass is 10.0. The molecule has 0 aliphatic carbocycles. The number of hydrogen-bond acceptors (Lipinski definition) is 3. The average Bonchev–Trinajstić information content (AvgIpc) is 2.85. The van der Waals surface area contributed by atoms with Crippen LogP contribution in [0, 0.1) is 6.92 Å². The van der Waals surface area contributed by atoms with Crippen LogP contribution >= 0.6 is 11.3 Å². The fourth-order valence-electron chi connectivity index (χ4n) is 2.29. The normalized spacial score (nSPS) is 12.6. The molecule has 2 nitrogen and oxygen atoms in total. The quantitative estimate of drug-likeness (QED) is 0.821. The molecule has 108 valence electrons. The molecule has 0 fully saturated rings. The molecule has 2 aromatic rings. The molecule has 1 N–H and O–H groups in total. The van der Waals surface area contributed by atoms with Gasteiger partial charge in [-0.15, -0.1) is 11.3 Å². The topological polar surface area (TPSA) is 24.9 Å². The van der Waals surface area contributed by atoms with Crippen molar-refractivity contribution in [3.63, 3.8) is 0 Å². The number of rotatable bonds is 7. The molecule has 1 unspecified atom stereocenters. The van der Waals surface area contributed by atoms with E-state index in [1.807, 2.05) is 6.92 Å².